The zero-order chi connectivity index (χ0) is 18.3. The first-order valence-electron chi connectivity index (χ1n) is 9.56. The lowest BCUT2D eigenvalue weighted by molar-refractivity contribution is 0.0593. The van der Waals surface area contributed by atoms with Gasteiger partial charge in [-0.05, 0) is 69.2 Å². The third kappa shape index (κ3) is 3.02. The van der Waals surface area contributed by atoms with Crippen molar-refractivity contribution in [3.8, 4) is 0 Å². The molecule has 3 heterocycles. The van der Waals surface area contributed by atoms with Crippen molar-refractivity contribution in [2.24, 2.45) is 0 Å². The van der Waals surface area contributed by atoms with Gasteiger partial charge < -0.3 is 9.47 Å². The second-order valence-corrected chi connectivity index (χ2v) is 7.92. The van der Waals surface area contributed by atoms with Gasteiger partial charge in [-0.15, -0.1) is 10.2 Å². The summed E-state index contributed by atoms with van der Waals surface area (Å²) in [5.74, 6) is 2.03. The van der Waals surface area contributed by atoms with Crippen LogP contribution in [-0.2, 0) is 13.0 Å². The predicted molar refractivity (Wildman–Crippen MR) is 102 cm³/mol. The van der Waals surface area contributed by atoms with Crippen LogP contribution < -0.4 is 0 Å². The van der Waals surface area contributed by atoms with E-state index in [4.69, 9.17) is 11.6 Å². The number of hydrogen-bond donors (Lipinski definition) is 0. The Morgan fingerprint density at radius 2 is 1.85 bits per heavy atom. The largest absolute Gasteiger partial charge is 0.328 e. The minimum atomic E-state index is -0.00623. The van der Waals surface area contributed by atoms with E-state index in [9.17, 15) is 4.79 Å². The van der Waals surface area contributed by atoms with Gasteiger partial charge in [0.15, 0.2) is 5.82 Å². The van der Waals surface area contributed by atoms with Gasteiger partial charge in [0, 0.05) is 19.5 Å². The lowest BCUT2D eigenvalue weighted by Crippen LogP contribution is -2.40. The minimum absolute atomic E-state index is 0.00623. The second-order valence-electron chi connectivity index (χ2n) is 7.51. The van der Waals surface area contributed by atoms with Crippen LogP contribution in [0.5, 0.6) is 0 Å². The number of amides is 1. The van der Waals surface area contributed by atoms with E-state index in [-0.39, 0.29) is 11.9 Å². The molecule has 1 aromatic carbocycles. The number of carbonyl (C=O) groups excluding carboxylic acids is 1. The van der Waals surface area contributed by atoms with Crippen LogP contribution in [0, 0.1) is 13.8 Å². The van der Waals surface area contributed by atoms with E-state index in [0.717, 1.165) is 68.0 Å². The molecule has 0 unspecified atom stereocenters. The molecule has 1 atom stereocenters. The molecule has 5 nitrogen and oxygen atoms in total. The maximum absolute atomic E-state index is 13.3. The number of nitrogens with zero attached hydrogens (tertiary/aromatic N) is 4. The van der Waals surface area contributed by atoms with Gasteiger partial charge in [0.1, 0.15) is 5.82 Å². The number of piperidine rings is 1. The first-order chi connectivity index (χ1) is 12.6. The summed E-state index contributed by atoms with van der Waals surface area (Å²) in [6.07, 6.45) is 6.37. The van der Waals surface area contributed by atoms with E-state index in [1.807, 2.05) is 30.9 Å². The maximum Gasteiger partial charge on any atom is 0.255 e. The number of aryl methyl sites for hydroxylation is 3. The van der Waals surface area contributed by atoms with E-state index < -0.39 is 0 Å². The Hall–Kier alpha value is -1.88. The van der Waals surface area contributed by atoms with Gasteiger partial charge in [0.05, 0.1) is 16.6 Å². The van der Waals surface area contributed by atoms with E-state index in [1.165, 1.54) is 6.42 Å². The molecule has 1 fully saturated rings. The van der Waals surface area contributed by atoms with E-state index in [0.29, 0.717) is 10.6 Å². The fourth-order valence-electron chi connectivity index (χ4n) is 4.12. The summed E-state index contributed by atoms with van der Waals surface area (Å²) < 4.78 is 2.24. The number of benzene rings is 1. The Bertz CT molecular complexity index is 845. The van der Waals surface area contributed by atoms with Crippen LogP contribution in [0.25, 0.3) is 0 Å². The fraction of sp³-hybridized carbons (Fsp3) is 0.550. The summed E-state index contributed by atoms with van der Waals surface area (Å²) in [6.45, 7) is 5.74. The minimum Gasteiger partial charge on any atom is -0.328 e. The van der Waals surface area contributed by atoms with Gasteiger partial charge in [-0.3, -0.25) is 4.79 Å². The molecule has 2 aromatic rings. The van der Waals surface area contributed by atoms with Crippen LogP contribution in [0.4, 0.5) is 0 Å². The van der Waals surface area contributed by atoms with Gasteiger partial charge in [-0.25, -0.2) is 0 Å². The number of carbonyl (C=O) groups is 1. The molecule has 1 aromatic heterocycles. The molecule has 0 saturated carbocycles. The number of fused-ring (bicyclic) bond motifs is 1. The third-order valence-corrected chi connectivity index (χ3v) is 6.08. The van der Waals surface area contributed by atoms with E-state index >= 15 is 0 Å². The number of hydrogen-bond acceptors (Lipinski definition) is 3. The third-order valence-electron chi connectivity index (χ3n) is 5.76. The highest BCUT2D eigenvalue weighted by Gasteiger charge is 2.34. The first-order valence-corrected chi connectivity index (χ1v) is 9.93. The van der Waals surface area contributed by atoms with Crippen LogP contribution in [0.15, 0.2) is 12.1 Å². The van der Waals surface area contributed by atoms with Crippen molar-refractivity contribution >= 4 is 17.5 Å². The highest BCUT2D eigenvalue weighted by Crippen LogP contribution is 2.34. The van der Waals surface area contributed by atoms with E-state index in [2.05, 4.69) is 14.8 Å². The summed E-state index contributed by atoms with van der Waals surface area (Å²) in [5.41, 5.74) is 2.79. The highest BCUT2D eigenvalue weighted by atomic mass is 35.5. The standard InChI is InChI=1S/C20H25ClN4O/c1-13-11-15(16(21)12-14(13)2)20(26)24-9-5-3-7-17(24)19-23-22-18-8-4-6-10-25(18)19/h11-12,17H,3-10H2,1-2H3/t17-/m1/s1. The number of aromatic nitrogens is 3. The van der Waals surface area contributed by atoms with Crippen molar-refractivity contribution in [2.75, 3.05) is 6.54 Å². The van der Waals surface area contributed by atoms with Crippen LogP contribution in [0.2, 0.25) is 5.02 Å². The fourth-order valence-corrected chi connectivity index (χ4v) is 4.42. The Morgan fingerprint density at radius 3 is 2.69 bits per heavy atom. The maximum atomic E-state index is 13.3. The molecule has 1 amide bonds. The monoisotopic (exact) mass is 372 g/mol. The topological polar surface area (TPSA) is 51.0 Å². The Balaban J connectivity index is 1.69. The van der Waals surface area contributed by atoms with Gasteiger partial charge in [0.25, 0.3) is 5.91 Å². The molecule has 0 radical (unpaired) electrons. The zero-order valence-electron chi connectivity index (χ0n) is 15.5. The first kappa shape index (κ1) is 17.5. The Kier molecular flexibility index (Phi) is 4.74. The molecule has 2 aliphatic rings. The van der Waals surface area contributed by atoms with Crippen molar-refractivity contribution in [1.82, 2.24) is 19.7 Å². The number of likely N-dealkylation sites (tertiary alicyclic amines) is 1. The van der Waals surface area contributed by atoms with Crippen molar-refractivity contribution in [3.63, 3.8) is 0 Å². The van der Waals surface area contributed by atoms with Gasteiger partial charge in [-0.2, -0.15) is 0 Å². The smallest absolute Gasteiger partial charge is 0.255 e. The van der Waals surface area contributed by atoms with Gasteiger partial charge in [-0.1, -0.05) is 11.6 Å². The normalized spacial score (nSPS) is 20.1. The second kappa shape index (κ2) is 7.03. The van der Waals surface area contributed by atoms with Crippen molar-refractivity contribution in [3.05, 3.63) is 45.5 Å². The number of halogens is 1. The summed E-state index contributed by atoms with van der Waals surface area (Å²) in [6, 6.07) is 3.81. The molecule has 0 bridgehead atoms. The Labute approximate surface area is 159 Å². The Morgan fingerprint density at radius 1 is 1.08 bits per heavy atom. The lowest BCUT2D eigenvalue weighted by Gasteiger charge is -2.36. The van der Waals surface area contributed by atoms with Crippen LogP contribution in [0.3, 0.4) is 0 Å². The molecule has 4 rings (SSSR count). The van der Waals surface area contributed by atoms with Crippen molar-refractivity contribution < 1.29 is 4.79 Å². The van der Waals surface area contributed by atoms with Crippen molar-refractivity contribution in [1.29, 1.82) is 0 Å². The molecule has 0 spiro atoms. The molecular formula is C20H25ClN4O. The lowest BCUT2D eigenvalue weighted by atomic mass is 9.98. The summed E-state index contributed by atoms with van der Waals surface area (Å²) in [5, 5.41) is 9.41. The summed E-state index contributed by atoms with van der Waals surface area (Å²) in [4.78, 5) is 15.3. The number of rotatable bonds is 2. The molecule has 1 saturated heterocycles. The predicted octanol–water partition coefficient (Wildman–Crippen LogP) is 4.25. The zero-order valence-corrected chi connectivity index (χ0v) is 16.2. The van der Waals surface area contributed by atoms with Crippen LogP contribution in [0.1, 0.15) is 71.3 Å². The molecule has 2 aliphatic heterocycles. The average Bonchev–Trinajstić information content (AvgIpc) is 3.08. The molecule has 138 valence electrons. The molecular weight excluding hydrogens is 348 g/mol. The summed E-state index contributed by atoms with van der Waals surface area (Å²) in [7, 11) is 0. The molecule has 0 aliphatic carbocycles. The molecule has 0 N–H and O–H groups in total. The van der Waals surface area contributed by atoms with E-state index in [1.54, 1.807) is 0 Å². The van der Waals surface area contributed by atoms with Crippen molar-refractivity contribution in [2.45, 2.75) is 65.0 Å². The van der Waals surface area contributed by atoms with Crippen LogP contribution in [-0.4, -0.2) is 32.1 Å². The quantitative estimate of drug-likeness (QED) is 0.791. The van der Waals surface area contributed by atoms with Crippen LogP contribution >= 0.6 is 11.6 Å². The molecule has 26 heavy (non-hydrogen) atoms. The van der Waals surface area contributed by atoms with Gasteiger partial charge >= 0.3 is 0 Å². The highest BCUT2D eigenvalue weighted by molar-refractivity contribution is 6.34. The average molecular weight is 373 g/mol. The molecule has 6 heteroatoms. The van der Waals surface area contributed by atoms with Gasteiger partial charge in [0.2, 0.25) is 0 Å². The SMILES string of the molecule is Cc1cc(Cl)c(C(=O)N2CCCC[C@@H]2c2nnc3n2CCCC3)cc1C. The summed E-state index contributed by atoms with van der Waals surface area (Å²) >= 11 is 6.42.